The molecule has 7 nitrogen and oxygen atoms in total. The number of benzene rings is 1. The second-order valence-electron chi connectivity index (χ2n) is 7.38. The van der Waals surface area contributed by atoms with Crippen LogP contribution < -0.4 is 21.6 Å². The van der Waals surface area contributed by atoms with Crippen molar-refractivity contribution in [1.82, 2.24) is 10.6 Å². The van der Waals surface area contributed by atoms with Gasteiger partial charge < -0.3 is 20.4 Å². The van der Waals surface area contributed by atoms with Crippen LogP contribution in [0.15, 0.2) is 33.5 Å². The van der Waals surface area contributed by atoms with Gasteiger partial charge in [0.05, 0.1) is 12.1 Å². The second kappa shape index (κ2) is 7.87. The minimum atomic E-state index is -0.394. The highest BCUT2D eigenvalue weighted by molar-refractivity contribution is 8.00. The number of carbonyl (C=O) groups is 2. The Morgan fingerprint density at radius 2 is 2.11 bits per heavy atom. The molecule has 0 radical (unpaired) electrons. The van der Waals surface area contributed by atoms with E-state index in [4.69, 9.17) is 4.42 Å². The van der Waals surface area contributed by atoms with Crippen LogP contribution in [0.1, 0.15) is 31.2 Å². The third-order valence-corrected chi connectivity index (χ3v) is 6.82. The van der Waals surface area contributed by atoms with E-state index in [-0.39, 0.29) is 24.0 Å². The molecular formula is C20H23N3O4S. The molecule has 148 valence electrons. The van der Waals surface area contributed by atoms with E-state index in [1.165, 1.54) is 6.07 Å². The van der Waals surface area contributed by atoms with Gasteiger partial charge in [0.1, 0.15) is 5.58 Å². The first-order chi connectivity index (χ1) is 13.5. The molecule has 3 atom stereocenters. The van der Waals surface area contributed by atoms with Gasteiger partial charge in [-0.15, -0.1) is 0 Å². The number of aryl methyl sites for hydroxylation is 1. The standard InChI is InChI=1S/C20H23N3O4S/c1-11-8-18(25)27-15-9-12(6-7-13(11)15)21-17(24)5-3-2-4-16-19-14(10-28-16)22-20(26)23-19/h6-9,14,16,19H,2-5,10H2,1H3,(H,21,24)(H2,22,23,26)/t14?,16-,19?/m0/s1. The fourth-order valence-corrected chi connectivity index (χ4v) is 5.44. The number of urea groups is 1. The van der Waals surface area contributed by atoms with Crippen LogP contribution in [0.2, 0.25) is 0 Å². The highest BCUT2D eigenvalue weighted by Gasteiger charge is 2.42. The molecule has 0 saturated carbocycles. The Kier molecular flexibility index (Phi) is 5.30. The van der Waals surface area contributed by atoms with Crippen molar-refractivity contribution in [1.29, 1.82) is 0 Å². The molecule has 2 aromatic rings. The van der Waals surface area contributed by atoms with Gasteiger partial charge in [-0.2, -0.15) is 11.8 Å². The fraction of sp³-hybridized carbons (Fsp3) is 0.450. The van der Waals surface area contributed by atoms with E-state index in [2.05, 4.69) is 16.0 Å². The van der Waals surface area contributed by atoms with Gasteiger partial charge in [-0.1, -0.05) is 6.42 Å². The van der Waals surface area contributed by atoms with Gasteiger partial charge in [0.2, 0.25) is 5.91 Å². The number of rotatable bonds is 6. The van der Waals surface area contributed by atoms with E-state index in [1.807, 2.05) is 30.8 Å². The summed E-state index contributed by atoms with van der Waals surface area (Å²) in [5, 5.41) is 10.1. The van der Waals surface area contributed by atoms with Gasteiger partial charge in [-0.3, -0.25) is 4.79 Å². The molecule has 1 aromatic heterocycles. The van der Waals surface area contributed by atoms with E-state index in [9.17, 15) is 14.4 Å². The van der Waals surface area contributed by atoms with Crippen LogP contribution in [0, 0.1) is 6.92 Å². The topological polar surface area (TPSA) is 100 Å². The molecule has 28 heavy (non-hydrogen) atoms. The van der Waals surface area contributed by atoms with Crippen LogP contribution in [0.3, 0.4) is 0 Å². The highest BCUT2D eigenvalue weighted by Crippen LogP contribution is 2.33. The van der Waals surface area contributed by atoms with Crippen molar-refractivity contribution < 1.29 is 14.0 Å². The Morgan fingerprint density at radius 3 is 2.96 bits per heavy atom. The Hall–Kier alpha value is -2.48. The number of hydrogen-bond donors (Lipinski definition) is 3. The molecule has 2 aliphatic heterocycles. The zero-order valence-electron chi connectivity index (χ0n) is 15.6. The molecule has 8 heteroatoms. The van der Waals surface area contributed by atoms with Gasteiger partial charge in [-0.25, -0.2) is 9.59 Å². The van der Waals surface area contributed by atoms with Crippen molar-refractivity contribution in [3.8, 4) is 0 Å². The molecule has 2 fully saturated rings. The predicted octanol–water partition coefficient (Wildman–Crippen LogP) is 2.77. The summed E-state index contributed by atoms with van der Waals surface area (Å²) in [5.41, 5.74) is 1.56. The normalized spacial score (nSPS) is 23.3. The average Bonchev–Trinajstić information content (AvgIpc) is 3.17. The lowest BCUT2D eigenvalue weighted by Crippen LogP contribution is -2.36. The molecule has 1 aromatic carbocycles. The molecule has 3 N–H and O–H groups in total. The van der Waals surface area contributed by atoms with Gasteiger partial charge in [-0.05, 0) is 37.5 Å². The van der Waals surface area contributed by atoms with E-state index < -0.39 is 5.63 Å². The first kappa shape index (κ1) is 18.9. The molecule has 3 amide bonds. The van der Waals surface area contributed by atoms with Crippen molar-refractivity contribution in [2.24, 2.45) is 0 Å². The minimum Gasteiger partial charge on any atom is -0.423 e. The summed E-state index contributed by atoms with van der Waals surface area (Å²) >= 11 is 1.89. The van der Waals surface area contributed by atoms with Crippen LogP contribution in [0.25, 0.3) is 11.0 Å². The third-order valence-electron chi connectivity index (χ3n) is 5.32. The van der Waals surface area contributed by atoms with Crippen LogP contribution in [-0.4, -0.2) is 35.0 Å². The number of hydrogen-bond acceptors (Lipinski definition) is 5. The van der Waals surface area contributed by atoms with Crippen LogP contribution in [-0.2, 0) is 4.79 Å². The van der Waals surface area contributed by atoms with Crippen LogP contribution in [0.4, 0.5) is 10.5 Å². The number of anilines is 1. The Balaban J connectivity index is 1.25. The molecule has 0 spiro atoms. The molecule has 2 aliphatic rings. The molecule has 3 heterocycles. The fourth-order valence-electron chi connectivity index (χ4n) is 3.90. The quantitative estimate of drug-likeness (QED) is 0.393. The minimum absolute atomic E-state index is 0.0536. The maximum Gasteiger partial charge on any atom is 0.336 e. The Labute approximate surface area is 166 Å². The summed E-state index contributed by atoms with van der Waals surface area (Å²) in [4.78, 5) is 35.2. The maximum atomic E-state index is 12.2. The number of nitrogens with one attached hydrogen (secondary N) is 3. The molecule has 4 rings (SSSR count). The first-order valence-corrected chi connectivity index (χ1v) is 10.6. The number of carbonyl (C=O) groups excluding carboxylic acids is 2. The molecule has 2 saturated heterocycles. The lowest BCUT2D eigenvalue weighted by atomic mass is 10.0. The number of amides is 3. The largest absolute Gasteiger partial charge is 0.423 e. The van der Waals surface area contributed by atoms with E-state index in [1.54, 1.807) is 6.07 Å². The highest BCUT2D eigenvalue weighted by atomic mass is 32.2. The summed E-state index contributed by atoms with van der Waals surface area (Å²) in [6.07, 6.45) is 3.16. The molecule has 2 unspecified atom stereocenters. The van der Waals surface area contributed by atoms with Crippen molar-refractivity contribution in [3.63, 3.8) is 0 Å². The van der Waals surface area contributed by atoms with Gasteiger partial charge in [0, 0.05) is 40.6 Å². The summed E-state index contributed by atoms with van der Waals surface area (Å²) < 4.78 is 5.22. The second-order valence-corrected chi connectivity index (χ2v) is 8.65. The number of thioether (sulfide) groups is 1. The maximum absolute atomic E-state index is 12.2. The van der Waals surface area contributed by atoms with E-state index in [0.29, 0.717) is 22.9 Å². The van der Waals surface area contributed by atoms with Crippen molar-refractivity contribution in [3.05, 3.63) is 40.2 Å². The summed E-state index contributed by atoms with van der Waals surface area (Å²) in [6.45, 7) is 1.86. The van der Waals surface area contributed by atoms with Crippen molar-refractivity contribution in [2.75, 3.05) is 11.1 Å². The Morgan fingerprint density at radius 1 is 1.25 bits per heavy atom. The summed E-state index contributed by atoms with van der Waals surface area (Å²) in [5.74, 6) is 0.897. The monoisotopic (exact) mass is 401 g/mol. The van der Waals surface area contributed by atoms with Gasteiger partial charge in [0.25, 0.3) is 0 Å². The first-order valence-electron chi connectivity index (χ1n) is 9.52. The average molecular weight is 401 g/mol. The number of fused-ring (bicyclic) bond motifs is 2. The van der Waals surface area contributed by atoms with Gasteiger partial charge >= 0.3 is 11.7 Å². The zero-order valence-corrected chi connectivity index (χ0v) is 16.4. The van der Waals surface area contributed by atoms with E-state index in [0.717, 1.165) is 36.0 Å². The lowest BCUT2D eigenvalue weighted by Gasteiger charge is -2.16. The molecule has 0 aliphatic carbocycles. The molecular weight excluding hydrogens is 378 g/mol. The van der Waals surface area contributed by atoms with Crippen molar-refractivity contribution >= 4 is 40.4 Å². The smallest absolute Gasteiger partial charge is 0.336 e. The van der Waals surface area contributed by atoms with E-state index >= 15 is 0 Å². The Bertz CT molecular complexity index is 974. The summed E-state index contributed by atoms with van der Waals surface area (Å²) in [6, 6.07) is 7.19. The van der Waals surface area contributed by atoms with Crippen LogP contribution >= 0.6 is 11.8 Å². The summed E-state index contributed by atoms with van der Waals surface area (Å²) in [7, 11) is 0. The van der Waals surface area contributed by atoms with Crippen molar-refractivity contribution in [2.45, 2.75) is 49.9 Å². The van der Waals surface area contributed by atoms with Crippen LogP contribution in [0.5, 0.6) is 0 Å². The molecule has 0 bridgehead atoms. The number of unbranched alkanes of at least 4 members (excludes halogenated alkanes) is 1. The third kappa shape index (κ3) is 4.01. The zero-order chi connectivity index (χ0) is 19.7. The SMILES string of the molecule is Cc1cc(=O)oc2cc(NC(=O)CCCC[C@@H]3SCC4NC(=O)NC43)ccc12. The van der Waals surface area contributed by atoms with Gasteiger partial charge in [0.15, 0.2) is 0 Å². The predicted molar refractivity (Wildman–Crippen MR) is 110 cm³/mol. The lowest BCUT2D eigenvalue weighted by molar-refractivity contribution is -0.116.